The van der Waals surface area contributed by atoms with Gasteiger partial charge in [-0.05, 0) is 12.8 Å². The number of likely N-dealkylation sites (N-methyl/N-ethyl adjacent to an activating group) is 1. The molecule has 9 heteroatoms. The minimum Gasteiger partial charge on any atom is -0.391 e. The van der Waals surface area contributed by atoms with E-state index in [1.165, 1.54) is 212 Å². The number of aliphatic hydroxyl groups excluding tert-OH is 1. The fourth-order valence-corrected chi connectivity index (χ4v) is 9.08. The second-order valence-electron chi connectivity index (χ2n) is 20.0. The van der Waals surface area contributed by atoms with E-state index in [2.05, 4.69) is 19.2 Å². The molecular formula is C52H108N2O6P+. The zero-order valence-corrected chi connectivity index (χ0v) is 42.6. The van der Waals surface area contributed by atoms with Crippen molar-refractivity contribution in [2.75, 3.05) is 40.9 Å². The zero-order valence-electron chi connectivity index (χ0n) is 41.7. The third-order valence-electron chi connectivity index (χ3n) is 12.6. The van der Waals surface area contributed by atoms with E-state index >= 15 is 0 Å². The summed E-state index contributed by atoms with van der Waals surface area (Å²) in [7, 11) is 1.63. The minimum absolute atomic E-state index is 0.0780. The van der Waals surface area contributed by atoms with Gasteiger partial charge in [0.1, 0.15) is 13.2 Å². The number of quaternary nitrogens is 1. The van der Waals surface area contributed by atoms with Crippen molar-refractivity contribution in [1.29, 1.82) is 0 Å². The number of rotatable bonds is 50. The Morgan fingerprint density at radius 1 is 0.492 bits per heavy atom. The molecule has 0 bridgehead atoms. The van der Waals surface area contributed by atoms with Crippen molar-refractivity contribution in [1.82, 2.24) is 5.32 Å². The fraction of sp³-hybridized carbons (Fsp3) is 0.981. The average molecular weight is 888 g/mol. The zero-order chi connectivity index (χ0) is 45.0. The van der Waals surface area contributed by atoms with Crippen molar-refractivity contribution in [2.45, 2.75) is 289 Å². The van der Waals surface area contributed by atoms with Crippen molar-refractivity contribution in [3.63, 3.8) is 0 Å². The molecule has 1 amide bonds. The van der Waals surface area contributed by atoms with Crippen LogP contribution in [0.25, 0.3) is 0 Å². The Morgan fingerprint density at radius 2 is 0.787 bits per heavy atom. The lowest BCUT2D eigenvalue weighted by Gasteiger charge is -2.26. The molecule has 61 heavy (non-hydrogen) atoms. The summed E-state index contributed by atoms with van der Waals surface area (Å²) in [6.45, 7) is 4.87. The van der Waals surface area contributed by atoms with Gasteiger partial charge in [-0.25, -0.2) is 4.57 Å². The third-order valence-corrected chi connectivity index (χ3v) is 13.6. The number of nitrogens with one attached hydrogen (secondary N) is 1. The van der Waals surface area contributed by atoms with Gasteiger partial charge in [-0.3, -0.25) is 13.8 Å². The number of carbonyl (C=O) groups excluding carboxylic acids is 1. The van der Waals surface area contributed by atoms with E-state index in [0.717, 1.165) is 38.5 Å². The van der Waals surface area contributed by atoms with Gasteiger partial charge in [0, 0.05) is 6.42 Å². The molecule has 0 rings (SSSR count). The van der Waals surface area contributed by atoms with Crippen molar-refractivity contribution in [3.8, 4) is 0 Å². The van der Waals surface area contributed by atoms with Crippen LogP contribution < -0.4 is 5.32 Å². The molecule has 0 fully saturated rings. The van der Waals surface area contributed by atoms with Gasteiger partial charge in [0.05, 0.1) is 39.9 Å². The van der Waals surface area contributed by atoms with E-state index in [1.54, 1.807) is 0 Å². The molecule has 366 valence electrons. The topological polar surface area (TPSA) is 105 Å². The summed E-state index contributed by atoms with van der Waals surface area (Å²) < 4.78 is 23.6. The molecule has 3 N–H and O–H groups in total. The number of unbranched alkanes of at least 4 members (excludes halogenated alkanes) is 37. The highest BCUT2D eigenvalue weighted by molar-refractivity contribution is 7.47. The fourth-order valence-electron chi connectivity index (χ4n) is 8.34. The van der Waals surface area contributed by atoms with Crippen molar-refractivity contribution in [2.24, 2.45) is 0 Å². The Morgan fingerprint density at radius 3 is 1.10 bits per heavy atom. The number of nitrogens with zero attached hydrogens (tertiary/aromatic N) is 1. The summed E-state index contributed by atoms with van der Waals surface area (Å²) in [6, 6.07) is -0.751. The van der Waals surface area contributed by atoms with Crippen LogP contribution in [0.2, 0.25) is 0 Å². The van der Waals surface area contributed by atoms with Crippen LogP contribution in [0.5, 0.6) is 0 Å². The van der Waals surface area contributed by atoms with E-state index in [1.807, 2.05) is 21.1 Å². The first-order valence-corrected chi connectivity index (χ1v) is 28.4. The molecule has 0 aliphatic rings. The van der Waals surface area contributed by atoms with Crippen LogP contribution in [-0.2, 0) is 18.4 Å². The number of aliphatic hydroxyl groups is 1. The smallest absolute Gasteiger partial charge is 0.391 e. The van der Waals surface area contributed by atoms with E-state index < -0.39 is 20.0 Å². The first-order chi connectivity index (χ1) is 29.5. The Labute approximate surface area is 380 Å². The van der Waals surface area contributed by atoms with E-state index in [0.29, 0.717) is 23.9 Å². The van der Waals surface area contributed by atoms with Gasteiger partial charge in [-0.1, -0.05) is 258 Å². The van der Waals surface area contributed by atoms with Crippen LogP contribution in [0.4, 0.5) is 0 Å². The van der Waals surface area contributed by atoms with Gasteiger partial charge in [0.25, 0.3) is 0 Å². The van der Waals surface area contributed by atoms with Gasteiger partial charge < -0.3 is 19.8 Å². The maximum atomic E-state index is 12.9. The summed E-state index contributed by atoms with van der Waals surface area (Å²) >= 11 is 0. The first kappa shape index (κ1) is 60.5. The molecule has 0 heterocycles. The van der Waals surface area contributed by atoms with Gasteiger partial charge in [-0.15, -0.1) is 0 Å². The average Bonchev–Trinajstić information content (AvgIpc) is 3.21. The van der Waals surface area contributed by atoms with Crippen LogP contribution in [0.15, 0.2) is 0 Å². The molecule has 0 aromatic rings. The number of phosphoric acid groups is 1. The van der Waals surface area contributed by atoms with Crippen LogP contribution in [0.3, 0.4) is 0 Å². The first-order valence-electron chi connectivity index (χ1n) is 26.9. The van der Waals surface area contributed by atoms with Crippen LogP contribution in [0, 0.1) is 0 Å². The lowest BCUT2D eigenvalue weighted by Crippen LogP contribution is -2.46. The Bertz CT molecular complexity index is 963. The quantitative estimate of drug-likeness (QED) is 0.0319. The Hall–Kier alpha value is -0.500. The molecule has 0 aromatic carbocycles. The second-order valence-corrected chi connectivity index (χ2v) is 21.4. The van der Waals surface area contributed by atoms with Gasteiger partial charge in [-0.2, -0.15) is 0 Å². The summed E-state index contributed by atoms with van der Waals surface area (Å²) in [5.74, 6) is -0.142. The van der Waals surface area contributed by atoms with Crippen LogP contribution >= 0.6 is 7.82 Å². The van der Waals surface area contributed by atoms with Crippen molar-refractivity contribution >= 4 is 13.7 Å². The maximum Gasteiger partial charge on any atom is 0.472 e. The summed E-state index contributed by atoms with van der Waals surface area (Å²) in [6.07, 6.45) is 52.0. The number of hydrogen-bond donors (Lipinski definition) is 3. The van der Waals surface area contributed by atoms with Gasteiger partial charge in [0.2, 0.25) is 5.91 Å². The van der Waals surface area contributed by atoms with Crippen molar-refractivity contribution < 1.29 is 32.9 Å². The molecule has 0 aliphatic heterocycles. The second kappa shape index (κ2) is 44.7. The van der Waals surface area contributed by atoms with Gasteiger partial charge >= 0.3 is 7.82 Å². The predicted octanol–water partition coefficient (Wildman–Crippen LogP) is 15.7. The molecular weight excluding hydrogens is 780 g/mol. The minimum atomic E-state index is -4.30. The molecule has 3 unspecified atom stereocenters. The molecule has 0 saturated heterocycles. The summed E-state index contributed by atoms with van der Waals surface area (Å²) in [5.41, 5.74) is 0. The Kier molecular flexibility index (Phi) is 44.3. The molecule has 0 saturated carbocycles. The SMILES string of the molecule is CCCCCCCCCCCCCCCCCCCCCCCCCCCCCCCCCCC(=O)NC(COP(=O)(O)OCC[N+](C)(C)C)C(O)CCCCCCCCC. The molecule has 8 nitrogen and oxygen atoms in total. The molecule has 0 spiro atoms. The number of carbonyl (C=O) groups is 1. The van der Waals surface area contributed by atoms with Crippen LogP contribution in [-0.4, -0.2) is 73.4 Å². The van der Waals surface area contributed by atoms with E-state index in [-0.39, 0.29) is 19.1 Å². The molecule has 0 aromatic heterocycles. The molecule has 3 atom stereocenters. The largest absolute Gasteiger partial charge is 0.472 e. The monoisotopic (exact) mass is 888 g/mol. The highest BCUT2D eigenvalue weighted by atomic mass is 31.2. The van der Waals surface area contributed by atoms with Crippen LogP contribution in [0.1, 0.15) is 277 Å². The number of phosphoric ester groups is 1. The van der Waals surface area contributed by atoms with Gasteiger partial charge in [0.15, 0.2) is 0 Å². The highest BCUT2D eigenvalue weighted by Gasteiger charge is 2.28. The predicted molar refractivity (Wildman–Crippen MR) is 263 cm³/mol. The maximum absolute atomic E-state index is 12.9. The summed E-state index contributed by atoms with van der Waals surface area (Å²) in [4.78, 5) is 23.1. The Balaban J connectivity index is 3.80. The normalized spacial score (nSPS) is 14.0. The van der Waals surface area contributed by atoms with E-state index in [9.17, 15) is 19.4 Å². The lowest BCUT2D eigenvalue weighted by molar-refractivity contribution is -0.870. The van der Waals surface area contributed by atoms with Crippen molar-refractivity contribution in [3.05, 3.63) is 0 Å². The molecule has 0 radical (unpaired) electrons. The standard InChI is InChI=1S/C52H107N2O6P/c1-6-8-10-12-14-15-16-17-18-19-20-21-22-23-24-25-26-27-28-29-30-31-32-33-34-35-36-37-38-40-42-44-46-52(56)53-50(51(55)45-43-41-39-13-11-9-7-2)49-60-61(57,58)59-48-47-54(3,4)5/h50-51,55H,6-49H2,1-5H3,(H-,53,56,57,58)/p+1. The number of amides is 1. The number of hydrogen-bond acceptors (Lipinski definition) is 5. The summed E-state index contributed by atoms with van der Waals surface area (Å²) in [5, 5.41) is 13.9. The third kappa shape index (κ3) is 47.3. The highest BCUT2D eigenvalue weighted by Crippen LogP contribution is 2.43. The molecule has 0 aliphatic carbocycles. The lowest BCUT2D eigenvalue weighted by atomic mass is 10.0. The van der Waals surface area contributed by atoms with E-state index in [4.69, 9.17) is 9.05 Å².